The number of benzene rings is 2. The summed E-state index contributed by atoms with van der Waals surface area (Å²) in [4.78, 5) is 37.5. The number of hydrogen-bond donors (Lipinski definition) is 2. The normalized spacial score (nSPS) is 16.5. The lowest BCUT2D eigenvalue weighted by Gasteiger charge is -2.17. The van der Waals surface area contributed by atoms with Crippen LogP contribution in [0.1, 0.15) is 13.3 Å². The fourth-order valence-corrected chi connectivity index (χ4v) is 3.24. The molecule has 26 heavy (non-hydrogen) atoms. The first-order chi connectivity index (χ1) is 12.4. The van der Waals surface area contributed by atoms with Crippen LogP contribution in [-0.4, -0.2) is 24.3 Å². The summed E-state index contributed by atoms with van der Waals surface area (Å²) in [6.07, 6.45) is 0.170. The number of carbonyl (C=O) groups is 3. The monoisotopic (exact) mass is 415 g/mol. The van der Waals surface area contributed by atoms with E-state index < -0.39 is 5.92 Å². The maximum absolute atomic E-state index is 12.5. The Hall–Kier alpha value is -2.67. The minimum Gasteiger partial charge on any atom is -0.326 e. The van der Waals surface area contributed by atoms with Crippen LogP contribution in [0.4, 0.5) is 17.1 Å². The van der Waals surface area contributed by atoms with Gasteiger partial charge in [-0.1, -0.05) is 12.1 Å². The summed E-state index contributed by atoms with van der Waals surface area (Å²) in [7, 11) is 0. The molecule has 0 bridgehead atoms. The van der Waals surface area contributed by atoms with Gasteiger partial charge in [-0.15, -0.1) is 0 Å². The maximum atomic E-state index is 12.5. The molecule has 1 aliphatic heterocycles. The van der Waals surface area contributed by atoms with Gasteiger partial charge in [-0.3, -0.25) is 14.4 Å². The molecule has 3 amide bonds. The van der Waals surface area contributed by atoms with Crippen LogP contribution in [0.25, 0.3) is 0 Å². The molecular weight excluding hydrogens is 398 g/mol. The minimum absolute atomic E-state index is 0.0930. The Bertz CT molecular complexity index is 851. The van der Waals surface area contributed by atoms with Gasteiger partial charge in [0.25, 0.3) is 0 Å². The van der Waals surface area contributed by atoms with Crippen molar-refractivity contribution in [3.05, 3.63) is 53.0 Å². The van der Waals surface area contributed by atoms with Gasteiger partial charge in [-0.2, -0.15) is 0 Å². The SMILES string of the molecule is CC(=O)Nc1ccc(N2CC(C(=O)Nc3ccccc3Br)CC2=O)cc1. The summed E-state index contributed by atoms with van der Waals surface area (Å²) < 4.78 is 0.795. The third kappa shape index (κ3) is 4.11. The highest BCUT2D eigenvalue weighted by atomic mass is 79.9. The number of halogens is 1. The Morgan fingerprint density at radius 3 is 2.42 bits per heavy atom. The summed E-state index contributed by atoms with van der Waals surface area (Å²) in [6, 6.07) is 14.3. The van der Waals surface area contributed by atoms with Crippen molar-refractivity contribution in [3.8, 4) is 0 Å². The van der Waals surface area contributed by atoms with E-state index in [1.165, 1.54) is 6.92 Å². The van der Waals surface area contributed by atoms with Gasteiger partial charge < -0.3 is 15.5 Å². The average molecular weight is 416 g/mol. The van der Waals surface area contributed by atoms with Crippen molar-refractivity contribution in [2.24, 2.45) is 5.92 Å². The van der Waals surface area contributed by atoms with E-state index in [0.717, 1.165) is 4.47 Å². The largest absolute Gasteiger partial charge is 0.326 e. The Morgan fingerprint density at radius 2 is 1.77 bits per heavy atom. The number of amides is 3. The van der Waals surface area contributed by atoms with Crippen molar-refractivity contribution in [2.45, 2.75) is 13.3 Å². The molecule has 0 spiro atoms. The molecule has 7 heteroatoms. The Labute approximate surface area is 159 Å². The van der Waals surface area contributed by atoms with E-state index in [4.69, 9.17) is 0 Å². The second-order valence-electron chi connectivity index (χ2n) is 6.10. The molecule has 0 aliphatic carbocycles. The molecule has 3 rings (SSSR count). The predicted molar refractivity (Wildman–Crippen MR) is 104 cm³/mol. The third-order valence-corrected chi connectivity index (χ3v) is 4.82. The van der Waals surface area contributed by atoms with Gasteiger partial charge in [0.2, 0.25) is 17.7 Å². The molecule has 2 N–H and O–H groups in total. The van der Waals surface area contributed by atoms with E-state index in [1.54, 1.807) is 35.2 Å². The summed E-state index contributed by atoms with van der Waals surface area (Å²) >= 11 is 3.40. The molecule has 134 valence electrons. The Balaban J connectivity index is 1.67. The quantitative estimate of drug-likeness (QED) is 0.802. The average Bonchev–Trinajstić information content (AvgIpc) is 2.99. The van der Waals surface area contributed by atoms with Crippen molar-refractivity contribution < 1.29 is 14.4 Å². The van der Waals surface area contributed by atoms with Crippen LogP contribution in [-0.2, 0) is 14.4 Å². The van der Waals surface area contributed by atoms with Gasteiger partial charge in [-0.25, -0.2) is 0 Å². The molecule has 1 unspecified atom stereocenters. The maximum Gasteiger partial charge on any atom is 0.229 e. The first kappa shape index (κ1) is 18.1. The van der Waals surface area contributed by atoms with Gasteiger partial charge in [0, 0.05) is 35.7 Å². The van der Waals surface area contributed by atoms with Crippen LogP contribution in [0.2, 0.25) is 0 Å². The Kier molecular flexibility index (Phi) is 5.37. The lowest BCUT2D eigenvalue weighted by molar-refractivity contribution is -0.122. The van der Waals surface area contributed by atoms with Crippen LogP contribution in [0.5, 0.6) is 0 Å². The van der Waals surface area contributed by atoms with Crippen molar-refractivity contribution in [3.63, 3.8) is 0 Å². The lowest BCUT2D eigenvalue weighted by atomic mass is 10.1. The van der Waals surface area contributed by atoms with Crippen LogP contribution < -0.4 is 15.5 Å². The van der Waals surface area contributed by atoms with Gasteiger partial charge in [-0.05, 0) is 52.3 Å². The zero-order valence-corrected chi connectivity index (χ0v) is 15.7. The summed E-state index contributed by atoms with van der Waals surface area (Å²) in [5, 5.41) is 5.55. The van der Waals surface area contributed by atoms with E-state index in [2.05, 4.69) is 26.6 Å². The third-order valence-electron chi connectivity index (χ3n) is 4.13. The van der Waals surface area contributed by atoms with E-state index in [-0.39, 0.29) is 24.1 Å². The molecule has 0 radical (unpaired) electrons. The number of para-hydroxylation sites is 1. The zero-order chi connectivity index (χ0) is 18.7. The number of nitrogens with zero attached hydrogens (tertiary/aromatic N) is 1. The van der Waals surface area contributed by atoms with Crippen LogP contribution in [0.3, 0.4) is 0 Å². The molecule has 0 saturated carbocycles. The number of rotatable bonds is 4. The first-order valence-electron chi connectivity index (χ1n) is 8.17. The second kappa shape index (κ2) is 7.70. The number of anilines is 3. The summed E-state index contributed by atoms with van der Waals surface area (Å²) in [5.74, 6) is -0.837. The highest BCUT2D eigenvalue weighted by molar-refractivity contribution is 9.10. The molecule has 1 fully saturated rings. The molecule has 2 aromatic rings. The molecule has 1 atom stereocenters. The number of hydrogen-bond acceptors (Lipinski definition) is 3. The molecule has 1 aliphatic rings. The molecule has 1 heterocycles. The summed E-state index contributed by atoms with van der Waals surface area (Å²) in [6.45, 7) is 1.76. The van der Waals surface area contributed by atoms with Crippen LogP contribution in [0.15, 0.2) is 53.0 Å². The number of nitrogens with one attached hydrogen (secondary N) is 2. The van der Waals surface area contributed by atoms with Crippen molar-refractivity contribution in [1.29, 1.82) is 0 Å². The minimum atomic E-state index is -0.412. The second-order valence-corrected chi connectivity index (χ2v) is 6.96. The standard InChI is InChI=1S/C19H18BrN3O3/c1-12(24)21-14-6-8-15(9-7-14)23-11-13(10-18(23)25)19(26)22-17-5-3-2-4-16(17)20/h2-9,13H,10-11H2,1H3,(H,21,24)(H,22,26). The highest BCUT2D eigenvalue weighted by Gasteiger charge is 2.35. The fourth-order valence-electron chi connectivity index (χ4n) is 2.86. The van der Waals surface area contributed by atoms with Gasteiger partial charge in [0.1, 0.15) is 0 Å². The van der Waals surface area contributed by atoms with Crippen LogP contribution in [0, 0.1) is 5.92 Å². The van der Waals surface area contributed by atoms with Crippen molar-refractivity contribution in [1.82, 2.24) is 0 Å². The van der Waals surface area contributed by atoms with Gasteiger partial charge in [0.05, 0.1) is 11.6 Å². The Morgan fingerprint density at radius 1 is 1.08 bits per heavy atom. The zero-order valence-electron chi connectivity index (χ0n) is 14.2. The smallest absolute Gasteiger partial charge is 0.229 e. The molecule has 1 saturated heterocycles. The number of carbonyl (C=O) groups excluding carboxylic acids is 3. The lowest BCUT2D eigenvalue weighted by Crippen LogP contribution is -2.28. The molecular formula is C19H18BrN3O3. The fraction of sp³-hybridized carbons (Fsp3) is 0.211. The van der Waals surface area contributed by atoms with Gasteiger partial charge in [0.15, 0.2) is 0 Å². The van der Waals surface area contributed by atoms with Crippen LogP contribution >= 0.6 is 15.9 Å². The van der Waals surface area contributed by atoms with E-state index in [0.29, 0.717) is 23.6 Å². The molecule has 2 aromatic carbocycles. The predicted octanol–water partition coefficient (Wildman–Crippen LogP) is 3.40. The van der Waals surface area contributed by atoms with E-state index in [9.17, 15) is 14.4 Å². The van der Waals surface area contributed by atoms with Crippen molar-refractivity contribution in [2.75, 3.05) is 22.1 Å². The molecule has 6 nitrogen and oxygen atoms in total. The van der Waals surface area contributed by atoms with Gasteiger partial charge >= 0.3 is 0 Å². The summed E-state index contributed by atoms with van der Waals surface area (Å²) in [5.41, 5.74) is 2.06. The first-order valence-corrected chi connectivity index (χ1v) is 8.97. The highest BCUT2D eigenvalue weighted by Crippen LogP contribution is 2.28. The molecule has 0 aromatic heterocycles. The van der Waals surface area contributed by atoms with Crippen molar-refractivity contribution >= 4 is 50.7 Å². The van der Waals surface area contributed by atoms with E-state index >= 15 is 0 Å². The topological polar surface area (TPSA) is 78.5 Å². The van der Waals surface area contributed by atoms with E-state index in [1.807, 2.05) is 18.2 Å².